The zero-order valence-electron chi connectivity index (χ0n) is 6.37. The predicted octanol–water partition coefficient (Wildman–Crippen LogP) is 1.14. The molecule has 1 aromatic rings. The first-order chi connectivity index (χ1) is 6.15. The van der Waals surface area contributed by atoms with Gasteiger partial charge < -0.3 is 10.5 Å². The highest BCUT2D eigenvalue weighted by atomic mass is 19.3. The van der Waals surface area contributed by atoms with Crippen LogP contribution in [0.2, 0.25) is 0 Å². The van der Waals surface area contributed by atoms with Crippen molar-refractivity contribution in [1.82, 2.24) is 4.98 Å². The Balaban J connectivity index is 3.03. The zero-order valence-corrected chi connectivity index (χ0v) is 6.37. The number of pyridine rings is 1. The van der Waals surface area contributed by atoms with Crippen LogP contribution in [0.1, 0.15) is 5.69 Å². The van der Waals surface area contributed by atoms with Crippen LogP contribution in [0.15, 0.2) is 12.3 Å². The van der Waals surface area contributed by atoms with E-state index in [9.17, 15) is 8.78 Å². The number of halogens is 2. The molecule has 2 N–H and O–H groups in total. The molecule has 0 aromatic carbocycles. The molecule has 0 fully saturated rings. The van der Waals surface area contributed by atoms with Crippen LogP contribution in [-0.2, 0) is 0 Å². The number of nitrogens with zero attached hydrogens (tertiary/aromatic N) is 2. The average molecular weight is 185 g/mol. The van der Waals surface area contributed by atoms with Gasteiger partial charge in [0.05, 0.1) is 0 Å². The minimum atomic E-state index is -2.96. The molecule has 0 saturated carbocycles. The standard InChI is InChI=1S/C7H5F2N3O/c8-7(9)13-5-1-2-12-4(3-10)6(5)11/h1-2,7H,11H2. The lowest BCUT2D eigenvalue weighted by Gasteiger charge is -2.06. The largest absolute Gasteiger partial charge is 0.432 e. The van der Waals surface area contributed by atoms with Gasteiger partial charge in [-0.2, -0.15) is 14.0 Å². The highest BCUT2D eigenvalue weighted by Gasteiger charge is 2.10. The van der Waals surface area contributed by atoms with Crippen LogP contribution in [0.25, 0.3) is 0 Å². The summed E-state index contributed by atoms with van der Waals surface area (Å²) < 4.78 is 27.5. The van der Waals surface area contributed by atoms with E-state index < -0.39 is 6.61 Å². The number of hydrogen-bond acceptors (Lipinski definition) is 4. The number of rotatable bonds is 2. The molecule has 0 saturated heterocycles. The average Bonchev–Trinajstić information content (AvgIpc) is 2.08. The van der Waals surface area contributed by atoms with Crippen LogP contribution in [0.5, 0.6) is 5.75 Å². The van der Waals surface area contributed by atoms with Crippen molar-refractivity contribution in [3.63, 3.8) is 0 Å². The molecule has 6 heteroatoms. The topological polar surface area (TPSA) is 71.9 Å². The Bertz CT molecular complexity index is 348. The van der Waals surface area contributed by atoms with Gasteiger partial charge >= 0.3 is 6.61 Å². The first-order valence-electron chi connectivity index (χ1n) is 3.24. The molecule has 0 spiro atoms. The third-order valence-corrected chi connectivity index (χ3v) is 1.27. The maximum Gasteiger partial charge on any atom is 0.387 e. The fourth-order valence-electron chi connectivity index (χ4n) is 0.743. The maximum atomic E-state index is 11.8. The molecule has 0 radical (unpaired) electrons. The van der Waals surface area contributed by atoms with E-state index in [0.717, 1.165) is 0 Å². The van der Waals surface area contributed by atoms with Crippen LogP contribution in [0.4, 0.5) is 14.5 Å². The van der Waals surface area contributed by atoms with Crippen LogP contribution >= 0.6 is 0 Å². The second-order valence-electron chi connectivity index (χ2n) is 2.06. The van der Waals surface area contributed by atoms with Crippen molar-refractivity contribution in [3.8, 4) is 11.8 Å². The fourth-order valence-corrected chi connectivity index (χ4v) is 0.743. The highest BCUT2D eigenvalue weighted by Crippen LogP contribution is 2.24. The van der Waals surface area contributed by atoms with Gasteiger partial charge in [-0.15, -0.1) is 0 Å². The van der Waals surface area contributed by atoms with E-state index in [2.05, 4.69) is 9.72 Å². The van der Waals surface area contributed by atoms with Gasteiger partial charge in [0.25, 0.3) is 0 Å². The molecular weight excluding hydrogens is 180 g/mol. The molecule has 1 rings (SSSR count). The lowest BCUT2D eigenvalue weighted by atomic mass is 10.3. The summed E-state index contributed by atoms with van der Waals surface area (Å²) in [6.07, 6.45) is 1.17. The van der Waals surface area contributed by atoms with Gasteiger partial charge in [-0.3, -0.25) is 0 Å². The van der Waals surface area contributed by atoms with E-state index in [4.69, 9.17) is 11.0 Å². The Morgan fingerprint density at radius 1 is 1.62 bits per heavy atom. The molecule has 0 atom stereocenters. The number of aromatic nitrogens is 1. The van der Waals surface area contributed by atoms with Crippen molar-refractivity contribution in [3.05, 3.63) is 18.0 Å². The van der Waals surface area contributed by atoms with E-state index in [-0.39, 0.29) is 17.1 Å². The first kappa shape index (κ1) is 9.19. The summed E-state index contributed by atoms with van der Waals surface area (Å²) in [5.41, 5.74) is 5.00. The number of ether oxygens (including phenoxy) is 1. The highest BCUT2D eigenvalue weighted by molar-refractivity contribution is 5.59. The SMILES string of the molecule is N#Cc1nccc(OC(F)F)c1N. The lowest BCUT2D eigenvalue weighted by Crippen LogP contribution is -2.06. The molecular formula is C7H5F2N3O. The van der Waals surface area contributed by atoms with Crippen molar-refractivity contribution in [2.24, 2.45) is 0 Å². The summed E-state index contributed by atoms with van der Waals surface area (Å²) in [4.78, 5) is 3.55. The molecule has 0 aliphatic heterocycles. The zero-order chi connectivity index (χ0) is 9.84. The fraction of sp³-hybridized carbons (Fsp3) is 0.143. The number of anilines is 1. The minimum Gasteiger partial charge on any atom is -0.432 e. The Kier molecular flexibility index (Phi) is 2.59. The Labute approximate surface area is 72.6 Å². The van der Waals surface area contributed by atoms with Crippen LogP contribution < -0.4 is 10.5 Å². The number of alkyl halides is 2. The number of nitrogen functional groups attached to an aromatic ring is 1. The summed E-state index contributed by atoms with van der Waals surface area (Å²) in [5, 5.41) is 8.44. The summed E-state index contributed by atoms with van der Waals surface area (Å²) in [7, 11) is 0. The van der Waals surface area contributed by atoms with E-state index in [0.29, 0.717) is 0 Å². The van der Waals surface area contributed by atoms with Gasteiger partial charge in [0.2, 0.25) is 0 Å². The third-order valence-electron chi connectivity index (χ3n) is 1.27. The lowest BCUT2D eigenvalue weighted by molar-refractivity contribution is -0.0493. The second kappa shape index (κ2) is 3.67. The van der Waals surface area contributed by atoms with Gasteiger partial charge in [-0.25, -0.2) is 4.98 Å². The first-order valence-corrected chi connectivity index (χ1v) is 3.24. The van der Waals surface area contributed by atoms with Crippen LogP contribution in [0.3, 0.4) is 0 Å². The molecule has 1 heterocycles. The quantitative estimate of drug-likeness (QED) is 0.749. The van der Waals surface area contributed by atoms with Crippen LogP contribution in [0, 0.1) is 11.3 Å². The van der Waals surface area contributed by atoms with Crippen molar-refractivity contribution in [1.29, 1.82) is 5.26 Å². The molecule has 4 nitrogen and oxygen atoms in total. The molecule has 13 heavy (non-hydrogen) atoms. The monoisotopic (exact) mass is 185 g/mol. The van der Waals surface area contributed by atoms with Gasteiger partial charge in [-0.05, 0) is 0 Å². The summed E-state index contributed by atoms with van der Waals surface area (Å²) >= 11 is 0. The van der Waals surface area contributed by atoms with E-state index in [1.54, 1.807) is 6.07 Å². The maximum absolute atomic E-state index is 11.8. The molecule has 1 aromatic heterocycles. The third kappa shape index (κ3) is 2.02. The van der Waals surface area contributed by atoms with E-state index in [1.807, 2.05) is 0 Å². The Hall–Kier alpha value is -1.90. The van der Waals surface area contributed by atoms with Crippen molar-refractivity contribution in [2.75, 3.05) is 5.73 Å². The van der Waals surface area contributed by atoms with Crippen LogP contribution in [-0.4, -0.2) is 11.6 Å². The second-order valence-corrected chi connectivity index (χ2v) is 2.06. The summed E-state index contributed by atoms with van der Waals surface area (Å²) in [6.45, 7) is -2.96. The molecule has 0 aliphatic carbocycles. The molecule has 0 bridgehead atoms. The number of hydrogen-bond donors (Lipinski definition) is 1. The van der Waals surface area contributed by atoms with Crippen molar-refractivity contribution >= 4 is 5.69 Å². The van der Waals surface area contributed by atoms with Gasteiger partial charge in [0.1, 0.15) is 11.8 Å². The Morgan fingerprint density at radius 3 is 2.85 bits per heavy atom. The summed E-state index contributed by atoms with van der Waals surface area (Å²) in [5.74, 6) is -0.235. The minimum absolute atomic E-state index is 0.127. The number of nitriles is 1. The van der Waals surface area contributed by atoms with Gasteiger partial charge in [0, 0.05) is 12.3 Å². The van der Waals surface area contributed by atoms with Crippen molar-refractivity contribution < 1.29 is 13.5 Å². The normalized spacial score (nSPS) is 9.69. The van der Waals surface area contributed by atoms with E-state index in [1.165, 1.54) is 12.3 Å². The van der Waals surface area contributed by atoms with Gasteiger partial charge in [-0.1, -0.05) is 0 Å². The smallest absolute Gasteiger partial charge is 0.387 e. The molecule has 68 valence electrons. The summed E-state index contributed by atoms with van der Waals surface area (Å²) in [6, 6.07) is 2.82. The molecule has 0 unspecified atom stereocenters. The molecule has 0 amide bonds. The predicted molar refractivity (Wildman–Crippen MR) is 40.0 cm³/mol. The van der Waals surface area contributed by atoms with E-state index >= 15 is 0 Å². The molecule has 0 aliphatic rings. The van der Waals surface area contributed by atoms with Crippen molar-refractivity contribution in [2.45, 2.75) is 6.61 Å². The van der Waals surface area contributed by atoms with Gasteiger partial charge in [0.15, 0.2) is 11.4 Å². The Morgan fingerprint density at radius 2 is 2.31 bits per heavy atom. The number of nitrogens with two attached hydrogens (primary N) is 1.